The molecule has 29 heavy (non-hydrogen) atoms. The third-order valence-corrected chi connectivity index (χ3v) is 5.76. The number of carbonyl (C=O) groups is 2. The minimum Gasteiger partial charge on any atom is -0.479 e. The predicted octanol–water partition coefficient (Wildman–Crippen LogP) is 4.42. The number of fused-ring (bicyclic) bond motifs is 3. The van der Waals surface area contributed by atoms with Crippen LogP contribution in [0.4, 0.5) is 18.0 Å². The standard InChI is InChI=1S/C21H18F3NO4/c22-21(23,24)20(18(26)27)10-5-11-25(20)19(28)29-12-17-15-8-3-1-6-13(15)14-7-2-4-9-16(14)17/h1-4,6-9,17H,5,10-12H2,(H,26,27)/t20-/m1/s1. The first kappa shape index (κ1) is 19.3. The Hall–Kier alpha value is -3.03. The Morgan fingerprint density at radius 3 is 2.14 bits per heavy atom. The number of ether oxygens (including phenoxy) is 1. The molecule has 1 heterocycles. The van der Waals surface area contributed by atoms with Crippen LogP contribution in [0.5, 0.6) is 0 Å². The van der Waals surface area contributed by atoms with Crippen molar-refractivity contribution in [2.24, 2.45) is 0 Å². The van der Waals surface area contributed by atoms with Crippen molar-refractivity contribution >= 4 is 12.1 Å². The lowest BCUT2D eigenvalue weighted by Crippen LogP contribution is -2.62. The molecule has 5 nitrogen and oxygen atoms in total. The highest BCUT2D eigenvalue weighted by atomic mass is 19.4. The highest BCUT2D eigenvalue weighted by Crippen LogP contribution is 2.46. The molecule has 1 aliphatic heterocycles. The van der Waals surface area contributed by atoms with Crippen LogP contribution in [0.25, 0.3) is 11.1 Å². The van der Waals surface area contributed by atoms with Gasteiger partial charge in [-0.1, -0.05) is 48.5 Å². The summed E-state index contributed by atoms with van der Waals surface area (Å²) in [5, 5.41) is 9.29. The van der Waals surface area contributed by atoms with Crippen LogP contribution < -0.4 is 0 Å². The number of rotatable bonds is 3. The van der Waals surface area contributed by atoms with Gasteiger partial charge in [0.05, 0.1) is 0 Å². The molecule has 0 saturated carbocycles. The number of amides is 1. The van der Waals surface area contributed by atoms with Crippen LogP contribution in [0.3, 0.4) is 0 Å². The van der Waals surface area contributed by atoms with Crippen molar-refractivity contribution in [1.82, 2.24) is 4.90 Å². The van der Waals surface area contributed by atoms with Gasteiger partial charge in [-0.05, 0) is 35.1 Å². The van der Waals surface area contributed by atoms with E-state index in [1.165, 1.54) is 0 Å². The van der Waals surface area contributed by atoms with Gasteiger partial charge < -0.3 is 9.84 Å². The summed E-state index contributed by atoms with van der Waals surface area (Å²) in [5.41, 5.74) is 0.572. The van der Waals surface area contributed by atoms with Crippen LogP contribution in [0.1, 0.15) is 29.9 Å². The zero-order valence-corrected chi connectivity index (χ0v) is 15.3. The van der Waals surface area contributed by atoms with Gasteiger partial charge >= 0.3 is 18.2 Å². The van der Waals surface area contributed by atoms with E-state index in [1.807, 2.05) is 48.5 Å². The molecule has 0 aromatic heterocycles. The Morgan fingerprint density at radius 2 is 1.62 bits per heavy atom. The van der Waals surface area contributed by atoms with E-state index >= 15 is 0 Å². The molecule has 0 radical (unpaired) electrons. The molecule has 1 fully saturated rings. The molecular weight excluding hydrogens is 387 g/mol. The fourth-order valence-corrected chi connectivity index (χ4v) is 4.38. The maximum Gasteiger partial charge on any atom is 0.422 e. The summed E-state index contributed by atoms with van der Waals surface area (Å²) in [7, 11) is 0. The molecule has 1 atom stereocenters. The molecule has 1 saturated heterocycles. The van der Waals surface area contributed by atoms with Crippen molar-refractivity contribution in [2.45, 2.75) is 30.5 Å². The number of hydrogen-bond donors (Lipinski definition) is 1. The minimum atomic E-state index is -5.10. The van der Waals surface area contributed by atoms with Crippen LogP contribution in [0.15, 0.2) is 48.5 Å². The van der Waals surface area contributed by atoms with E-state index in [0.717, 1.165) is 22.3 Å². The van der Waals surface area contributed by atoms with E-state index in [0.29, 0.717) is 4.90 Å². The van der Waals surface area contributed by atoms with Gasteiger partial charge in [-0.2, -0.15) is 13.2 Å². The van der Waals surface area contributed by atoms with Crippen molar-refractivity contribution in [1.29, 1.82) is 0 Å². The average molecular weight is 405 g/mol. The molecule has 1 aliphatic carbocycles. The number of likely N-dealkylation sites (tertiary alicyclic amines) is 1. The van der Waals surface area contributed by atoms with Gasteiger partial charge in [0, 0.05) is 12.5 Å². The summed E-state index contributed by atoms with van der Waals surface area (Å²) >= 11 is 0. The number of halogens is 3. The summed E-state index contributed by atoms with van der Waals surface area (Å²) in [4.78, 5) is 24.3. The zero-order chi connectivity index (χ0) is 20.8. The summed E-state index contributed by atoms with van der Waals surface area (Å²) in [6, 6.07) is 15.1. The SMILES string of the molecule is O=C(OCC1c2ccccc2-c2ccccc21)N1CCC[C@@]1(C(=O)O)C(F)(F)F. The first-order chi connectivity index (χ1) is 13.8. The molecule has 0 spiro atoms. The molecule has 2 aromatic rings. The number of carboxylic acid groups (broad SMARTS) is 1. The molecule has 8 heteroatoms. The Balaban J connectivity index is 1.58. The van der Waals surface area contributed by atoms with E-state index in [-0.39, 0.29) is 25.5 Å². The van der Waals surface area contributed by atoms with E-state index in [9.17, 15) is 27.9 Å². The van der Waals surface area contributed by atoms with Gasteiger partial charge in [-0.3, -0.25) is 4.90 Å². The Labute approximate surface area is 164 Å². The van der Waals surface area contributed by atoms with Crippen LogP contribution in [0.2, 0.25) is 0 Å². The molecular formula is C21H18F3NO4. The molecule has 0 unspecified atom stereocenters. The summed E-state index contributed by atoms with van der Waals surface area (Å²) in [6.45, 7) is -0.487. The lowest BCUT2D eigenvalue weighted by Gasteiger charge is -2.35. The molecule has 2 aliphatic rings. The fraction of sp³-hybridized carbons (Fsp3) is 0.333. The number of nitrogens with zero attached hydrogens (tertiary/aromatic N) is 1. The predicted molar refractivity (Wildman–Crippen MR) is 97.4 cm³/mol. The molecule has 0 bridgehead atoms. The highest BCUT2D eigenvalue weighted by Gasteiger charge is 2.68. The number of benzene rings is 2. The smallest absolute Gasteiger partial charge is 0.422 e. The van der Waals surface area contributed by atoms with Crippen molar-refractivity contribution in [3.63, 3.8) is 0 Å². The average Bonchev–Trinajstić information content (AvgIpc) is 3.27. The van der Waals surface area contributed by atoms with Crippen LogP contribution in [-0.2, 0) is 9.53 Å². The number of aliphatic carboxylic acids is 1. The topological polar surface area (TPSA) is 66.8 Å². The summed E-state index contributed by atoms with van der Waals surface area (Å²) < 4.78 is 46.0. The van der Waals surface area contributed by atoms with Gasteiger partial charge in [-0.15, -0.1) is 0 Å². The zero-order valence-electron chi connectivity index (χ0n) is 15.3. The number of hydrogen-bond acceptors (Lipinski definition) is 3. The summed E-state index contributed by atoms with van der Waals surface area (Å²) in [6.07, 6.45) is -7.10. The molecule has 1 N–H and O–H groups in total. The molecule has 4 rings (SSSR count). The van der Waals surface area contributed by atoms with Crippen molar-refractivity contribution in [3.05, 3.63) is 59.7 Å². The molecule has 2 aromatic carbocycles. The number of carboxylic acids is 1. The van der Waals surface area contributed by atoms with Gasteiger partial charge in [-0.25, -0.2) is 9.59 Å². The Bertz CT molecular complexity index is 929. The van der Waals surface area contributed by atoms with Crippen LogP contribution in [-0.4, -0.2) is 46.9 Å². The molecule has 152 valence electrons. The third kappa shape index (κ3) is 2.85. The van der Waals surface area contributed by atoms with Crippen LogP contribution in [0, 0.1) is 0 Å². The first-order valence-electron chi connectivity index (χ1n) is 9.20. The van der Waals surface area contributed by atoms with E-state index < -0.39 is 30.2 Å². The Kier molecular flexibility index (Phi) is 4.52. The largest absolute Gasteiger partial charge is 0.479 e. The first-order valence-corrected chi connectivity index (χ1v) is 9.20. The molecule has 1 amide bonds. The second kappa shape index (κ2) is 6.79. The lowest BCUT2D eigenvalue weighted by atomic mass is 9.95. The fourth-order valence-electron chi connectivity index (χ4n) is 4.38. The minimum absolute atomic E-state index is 0.0595. The van der Waals surface area contributed by atoms with Gasteiger partial charge in [0.2, 0.25) is 5.54 Å². The monoisotopic (exact) mass is 405 g/mol. The Morgan fingerprint density at radius 1 is 1.07 bits per heavy atom. The lowest BCUT2D eigenvalue weighted by molar-refractivity contribution is -0.226. The van der Waals surface area contributed by atoms with Crippen LogP contribution >= 0.6 is 0 Å². The van der Waals surface area contributed by atoms with E-state index in [1.54, 1.807) is 0 Å². The normalized spacial score (nSPS) is 21.0. The van der Waals surface area contributed by atoms with Gasteiger partial charge in [0.15, 0.2) is 0 Å². The quantitative estimate of drug-likeness (QED) is 0.821. The maximum atomic E-state index is 13.6. The number of alkyl halides is 3. The maximum absolute atomic E-state index is 13.6. The number of carbonyl (C=O) groups excluding carboxylic acids is 1. The van der Waals surface area contributed by atoms with E-state index in [2.05, 4.69) is 0 Å². The summed E-state index contributed by atoms with van der Waals surface area (Å²) in [5.74, 6) is -2.41. The van der Waals surface area contributed by atoms with Gasteiger partial charge in [0.1, 0.15) is 6.61 Å². The van der Waals surface area contributed by atoms with Gasteiger partial charge in [0.25, 0.3) is 0 Å². The second-order valence-electron chi connectivity index (χ2n) is 7.22. The second-order valence-corrected chi connectivity index (χ2v) is 7.22. The van der Waals surface area contributed by atoms with Crippen molar-refractivity contribution in [3.8, 4) is 11.1 Å². The third-order valence-electron chi connectivity index (χ3n) is 5.76. The van der Waals surface area contributed by atoms with Crippen molar-refractivity contribution in [2.75, 3.05) is 13.2 Å². The van der Waals surface area contributed by atoms with E-state index in [4.69, 9.17) is 4.74 Å². The highest BCUT2D eigenvalue weighted by molar-refractivity contribution is 5.86. The van der Waals surface area contributed by atoms with Crippen molar-refractivity contribution < 1.29 is 32.6 Å².